The number of hydrogen-bond donors (Lipinski definition) is 0. The summed E-state index contributed by atoms with van der Waals surface area (Å²) in [7, 11) is 8.64. The first-order valence-electron chi connectivity index (χ1n) is 20.1. The summed E-state index contributed by atoms with van der Waals surface area (Å²) >= 11 is -7.72. The summed E-state index contributed by atoms with van der Waals surface area (Å²) in [6.45, 7) is 37.1. The first-order chi connectivity index (χ1) is 24.2. The van der Waals surface area contributed by atoms with E-state index in [1.807, 2.05) is 0 Å². The molecule has 0 atom stereocenters. The van der Waals surface area contributed by atoms with Crippen molar-refractivity contribution in [1.29, 1.82) is 0 Å². The van der Waals surface area contributed by atoms with Crippen LogP contribution in [0, 0.1) is 0 Å². The Labute approximate surface area is 335 Å². The summed E-state index contributed by atoms with van der Waals surface area (Å²) < 4.78 is 13.6. The number of rotatable bonds is 14. The summed E-state index contributed by atoms with van der Waals surface area (Å²) in [5.74, 6) is 3.26. The summed E-state index contributed by atoms with van der Waals surface area (Å²) in [5, 5.41) is 0. The van der Waals surface area contributed by atoms with Crippen LogP contribution in [0.2, 0.25) is 0 Å². The van der Waals surface area contributed by atoms with Gasteiger partial charge in [-0.3, -0.25) is 0 Å². The van der Waals surface area contributed by atoms with Crippen LogP contribution in [0.3, 0.4) is 0 Å². The van der Waals surface area contributed by atoms with Crippen LogP contribution in [0.1, 0.15) is 203 Å². The molecule has 0 aliphatic rings. The Bertz CT molecular complexity index is 1580. The molecule has 0 aliphatic heterocycles. The molecule has 4 aromatic carbocycles. The molecule has 1 nitrogen and oxygen atoms in total. The van der Waals surface area contributed by atoms with Gasteiger partial charge in [-0.2, -0.15) is 0 Å². The molecule has 0 saturated heterocycles. The molecule has 0 unspecified atom stereocenters. The van der Waals surface area contributed by atoms with Gasteiger partial charge in [0.2, 0.25) is 0 Å². The van der Waals surface area contributed by atoms with Gasteiger partial charge in [-0.25, -0.2) is 0 Å². The summed E-state index contributed by atoms with van der Waals surface area (Å²) in [5.41, 5.74) is 11.0. The zero-order valence-corrected chi connectivity index (χ0v) is 41.8. The Morgan fingerprint density at radius 1 is 0.346 bits per heavy atom. The van der Waals surface area contributed by atoms with Crippen LogP contribution in [-0.4, -0.2) is 37.8 Å². The van der Waals surface area contributed by atoms with Gasteiger partial charge in [-0.1, -0.05) is 0 Å². The fourth-order valence-electron chi connectivity index (χ4n) is 6.72. The van der Waals surface area contributed by atoms with E-state index >= 15 is 0 Å². The molecule has 0 aliphatic carbocycles. The molecule has 1 radical (unpaired) electrons. The van der Waals surface area contributed by atoms with Gasteiger partial charge in [0, 0.05) is 0 Å². The van der Waals surface area contributed by atoms with Gasteiger partial charge in [0.25, 0.3) is 0 Å². The second-order valence-electron chi connectivity index (χ2n) is 17.8. The number of benzene rings is 4. The normalized spacial score (nSPS) is 12.8. The quantitative estimate of drug-likeness (QED) is 0.115. The molecule has 4 aromatic rings. The van der Waals surface area contributed by atoms with E-state index in [0.29, 0.717) is 47.3 Å². The van der Waals surface area contributed by atoms with Crippen molar-refractivity contribution in [1.82, 2.24) is 0 Å². The number of halogens is 1. The van der Waals surface area contributed by atoms with Gasteiger partial charge in [0.15, 0.2) is 0 Å². The topological polar surface area (TPSA) is 9.23 Å². The monoisotopic (exact) mass is 935 g/mol. The summed E-state index contributed by atoms with van der Waals surface area (Å²) in [4.78, 5) is 0. The van der Waals surface area contributed by atoms with Gasteiger partial charge in [0.05, 0.1) is 0 Å². The SMILES string of the molecule is CC(C)c1cc(C(C)C)c[c]([Sn]([O][Sn]([Cl])([c]2cc(C(C)C)cc(C(C)C)c2)[c]2cc(C(C)C)cc(C(C)C)c2)[c]2cc(C(C)C)cc(C(C)C)c2)c1. The fourth-order valence-corrected chi connectivity index (χ4v) is 37.5. The van der Waals surface area contributed by atoms with Crippen molar-refractivity contribution in [2.45, 2.75) is 158 Å². The van der Waals surface area contributed by atoms with E-state index in [9.17, 15) is 0 Å². The number of hydrogen-bond acceptors (Lipinski definition) is 1. The van der Waals surface area contributed by atoms with Crippen LogP contribution in [-0.2, 0) is 1.41 Å². The van der Waals surface area contributed by atoms with Crippen LogP contribution in [0.4, 0.5) is 0 Å². The second kappa shape index (κ2) is 18.1. The van der Waals surface area contributed by atoms with Crippen LogP contribution >= 0.6 is 8.92 Å². The van der Waals surface area contributed by atoms with Crippen molar-refractivity contribution in [2.75, 3.05) is 0 Å². The Kier molecular flexibility index (Phi) is 15.1. The maximum absolute atomic E-state index is 8.64. The molecule has 0 aromatic heterocycles. The van der Waals surface area contributed by atoms with Crippen molar-refractivity contribution >= 4 is 61.1 Å². The molecule has 0 heterocycles. The third-order valence-electron chi connectivity index (χ3n) is 10.8. The third-order valence-corrected chi connectivity index (χ3v) is 38.4. The zero-order chi connectivity index (χ0) is 38.8. The van der Waals surface area contributed by atoms with Crippen LogP contribution in [0.15, 0.2) is 72.8 Å². The van der Waals surface area contributed by atoms with Gasteiger partial charge >= 0.3 is 338 Å². The molecule has 52 heavy (non-hydrogen) atoms. The average molecular weight is 934 g/mol. The standard InChI is InChI=1S/4C12H17.ClH.O.2Sn/c4*1-9(2)11-6-5-7-12(8-11)10(3)4;;;;/h4*6-10H,1-4H3;1H;;;/q;;;;;;;+1/p-1. The van der Waals surface area contributed by atoms with Gasteiger partial charge in [-0.05, 0) is 0 Å². The van der Waals surface area contributed by atoms with Crippen molar-refractivity contribution in [3.05, 3.63) is 117 Å². The minimum absolute atomic E-state index is 0.392. The first kappa shape index (κ1) is 43.5. The van der Waals surface area contributed by atoms with E-state index in [-0.39, 0.29) is 0 Å². The van der Waals surface area contributed by atoms with Crippen molar-refractivity contribution < 1.29 is 1.41 Å². The molecule has 0 N–H and O–H groups in total. The van der Waals surface area contributed by atoms with Crippen molar-refractivity contribution in [3.8, 4) is 0 Å². The third kappa shape index (κ3) is 10.3. The van der Waals surface area contributed by atoms with E-state index in [1.54, 1.807) is 0 Å². The van der Waals surface area contributed by atoms with E-state index in [1.165, 1.54) is 58.8 Å². The molecular weight excluding hydrogens is 865 g/mol. The van der Waals surface area contributed by atoms with Gasteiger partial charge in [-0.15, -0.1) is 0 Å². The summed E-state index contributed by atoms with van der Waals surface area (Å²) in [6.07, 6.45) is 0. The van der Waals surface area contributed by atoms with E-state index in [2.05, 4.69) is 184 Å². The average Bonchev–Trinajstić information content (AvgIpc) is 3.09. The van der Waals surface area contributed by atoms with E-state index < -0.39 is 37.8 Å². The van der Waals surface area contributed by atoms with Crippen molar-refractivity contribution in [3.63, 3.8) is 0 Å². The van der Waals surface area contributed by atoms with Crippen LogP contribution in [0.25, 0.3) is 0 Å². The maximum atomic E-state index is 8.64. The molecule has 0 saturated carbocycles. The van der Waals surface area contributed by atoms with Gasteiger partial charge < -0.3 is 0 Å². The Balaban J connectivity index is 2.19. The molecule has 4 rings (SSSR count). The Morgan fingerprint density at radius 2 is 0.538 bits per heavy atom. The van der Waals surface area contributed by atoms with Crippen LogP contribution in [0.5, 0.6) is 0 Å². The molecule has 4 heteroatoms. The molecule has 0 fully saturated rings. The van der Waals surface area contributed by atoms with E-state index in [4.69, 9.17) is 10.3 Å². The molecule has 0 spiro atoms. The van der Waals surface area contributed by atoms with E-state index in [0.717, 1.165) is 0 Å². The molecule has 0 bridgehead atoms. The molecule has 0 amide bonds. The van der Waals surface area contributed by atoms with Gasteiger partial charge in [0.1, 0.15) is 0 Å². The fraction of sp³-hybridized carbons (Fsp3) is 0.500. The predicted octanol–water partition coefficient (Wildman–Crippen LogP) is 12.3. The first-order valence-corrected chi connectivity index (χ1v) is 31.7. The zero-order valence-electron chi connectivity index (χ0n) is 35.3. The van der Waals surface area contributed by atoms with Crippen molar-refractivity contribution in [2.24, 2.45) is 0 Å². The Morgan fingerprint density at radius 3 is 0.731 bits per heavy atom. The minimum atomic E-state index is -4.47. The summed E-state index contributed by atoms with van der Waals surface area (Å²) in [6, 6.07) is 29.4. The molecule has 281 valence electrons. The Hall–Kier alpha value is -1.27. The predicted molar refractivity (Wildman–Crippen MR) is 235 cm³/mol. The van der Waals surface area contributed by atoms with Crippen LogP contribution < -0.4 is 14.3 Å². The molecular formula is C48H68ClOSn2. The second-order valence-corrected chi connectivity index (χ2v) is 37.7.